The molecule has 0 aromatic heterocycles. The van der Waals surface area contributed by atoms with E-state index in [1.807, 2.05) is 4.90 Å². The molecule has 0 aliphatic carbocycles. The van der Waals surface area contributed by atoms with Crippen LogP contribution in [0.25, 0.3) is 0 Å². The van der Waals surface area contributed by atoms with E-state index in [-0.39, 0.29) is 9.26 Å². The Balaban J connectivity index is 2.37. The first kappa shape index (κ1) is 13.5. The summed E-state index contributed by atoms with van der Waals surface area (Å²) in [6.45, 7) is 1.89. The maximum absolute atomic E-state index is 13.6. The first-order valence-corrected chi connectivity index (χ1v) is 6.69. The number of hydrogen-bond acceptors (Lipinski definition) is 4. The van der Waals surface area contributed by atoms with E-state index in [9.17, 15) is 14.5 Å². The molecule has 0 radical (unpaired) electrons. The van der Waals surface area contributed by atoms with Gasteiger partial charge in [0.2, 0.25) is 0 Å². The van der Waals surface area contributed by atoms with Crippen molar-refractivity contribution < 1.29 is 9.31 Å². The van der Waals surface area contributed by atoms with Crippen LogP contribution in [0.1, 0.15) is 6.42 Å². The molecule has 18 heavy (non-hydrogen) atoms. The number of nitrogens with two attached hydrogens (primary N) is 1. The molecule has 2 rings (SSSR count). The summed E-state index contributed by atoms with van der Waals surface area (Å²) in [6, 6.07) is 2.53. The fraction of sp³-hybridized carbons (Fsp3) is 0.455. The van der Waals surface area contributed by atoms with Gasteiger partial charge in [-0.25, -0.2) is 4.39 Å². The predicted octanol–water partition coefficient (Wildman–Crippen LogP) is 2.12. The quantitative estimate of drug-likeness (QED) is 0.506. The lowest BCUT2D eigenvalue weighted by Gasteiger charge is -2.18. The molecule has 7 heteroatoms. The van der Waals surface area contributed by atoms with Crippen LogP contribution in [0.5, 0.6) is 0 Å². The van der Waals surface area contributed by atoms with Crippen molar-refractivity contribution >= 4 is 34.0 Å². The molecule has 0 saturated carbocycles. The van der Waals surface area contributed by atoms with Crippen LogP contribution in [-0.4, -0.2) is 24.6 Å². The first-order chi connectivity index (χ1) is 8.52. The summed E-state index contributed by atoms with van der Waals surface area (Å²) in [4.78, 5) is 12.4. The zero-order valence-electron chi connectivity index (χ0n) is 9.60. The minimum absolute atomic E-state index is 0.0431. The molecule has 0 spiro atoms. The Morgan fingerprint density at radius 3 is 2.89 bits per heavy atom. The van der Waals surface area contributed by atoms with Crippen LogP contribution in [0.2, 0.25) is 0 Å². The van der Waals surface area contributed by atoms with Crippen molar-refractivity contribution in [1.29, 1.82) is 0 Å². The van der Waals surface area contributed by atoms with Crippen molar-refractivity contribution in [3.8, 4) is 0 Å². The van der Waals surface area contributed by atoms with E-state index in [0.717, 1.165) is 6.42 Å². The molecule has 0 bridgehead atoms. The first-order valence-electron chi connectivity index (χ1n) is 5.61. The highest BCUT2D eigenvalue weighted by Gasteiger charge is 2.28. The highest BCUT2D eigenvalue weighted by atomic mass is 127. The molecule has 1 atom stereocenters. The Labute approximate surface area is 117 Å². The Bertz CT molecular complexity index is 484. The molecule has 2 N–H and O–H groups in total. The minimum atomic E-state index is -0.466. The molecule has 0 amide bonds. The second-order valence-electron chi connectivity index (χ2n) is 4.35. The predicted molar refractivity (Wildman–Crippen MR) is 75.1 cm³/mol. The highest BCUT2D eigenvalue weighted by molar-refractivity contribution is 14.1. The van der Waals surface area contributed by atoms with E-state index in [1.165, 1.54) is 12.1 Å². The molecule has 1 heterocycles. The van der Waals surface area contributed by atoms with Gasteiger partial charge >= 0.3 is 0 Å². The molecule has 1 aromatic rings. The van der Waals surface area contributed by atoms with Gasteiger partial charge in [-0.1, -0.05) is 0 Å². The van der Waals surface area contributed by atoms with Crippen LogP contribution >= 0.6 is 22.6 Å². The molecule has 98 valence electrons. The maximum atomic E-state index is 13.6. The van der Waals surface area contributed by atoms with Crippen LogP contribution < -0.4 is 10.6 Å². The van der Waals surface area contributed by atoms with Crippen LogP contribution in [0, 0.1) is 25.4 Å². The average Bonchev–Trinajstić information content (AvgIpc) is 2.80. The fourth-order valence-corrected chi connectivity index (χ4v) is 2.62. The summed E-state index contributed by atoms with van der Waals surface area (Å²) in [6.07, 6.45) is 0.890. The molecular formula is C11H13FIN3O2. The van der Waals surface area contributed by atoms with Gasteiger partial charge in [-0.15, -0.1) is 0 Å². The molecule has 1 aliphatic heterocycles. The minimum Gasteiger partial charge on any atom is -0.366 e. The summed E-state index contributed by atoms with van der Waals surface area (Å²) in [5.74, 6) is -0.0978. The third-order valence-corrected chi connectivity index (χ3v) is 4.00. The summed E-state index contributed by atoms with van der Waals surface area (Å²) < 4.78 is 13.8. The Morgan fingerprint density at radius 2 is 2.33 bits per heavy atom. The number of nitro groups is 1. The highest BCUT2D eigenvalue weighted by Crippen LogP contribution is 2.34. The van der Waals surface area contributed by atoms with Gasteiger partial charge in [0.25, 0.3) is 5.69 Å². The van der Waals surface area contributed by atoms with Crippen molar-refractivity contribution in [2.24, 2.45) is 11.7 Å². The van der Waals surface area contributed by atoms with E-state index in [2.05, 4.69) is 0 Å². The molecule has 1 fully saturated rings. The van der Waals surface area contributed by atoms with Gasteiger partial charge in [-0.05, 0) is 41.5 Å². The maximum Gasteiger partial charge on any atom is 0.293 e. The summed E-state index contributed by atoms with van der Waals surface area (Å²) in [7, 11) is 0. The largest absolute Gasteiger partial charge is 0.366 e. The number of anilines is 1. The van der Waals surface area contributed by atoms with Crippen molar-refractivity contribution in [1.82, 2.24) is 0 Å². The number of nitrogens with zero attached hydrogens (tertiary/aromatic N) is 2. The van der Waals surface area contributed by atoms with Crippen molar-refractivity contribution in [2.75, 3.05) is 24.5 Å². The third-order valence-electron chi connectivity index (χ3n) is 3.17. The normalized spacial score (nSPS) is 19.3. The molecule has 5 nitrogen and oxygen atoms in total. The number of halogens is 2. The molecule has 1 aliphatic rings. The van der Waals surface area contributed by atoms with Crippen LogP contribution in [-0.2, 0) is 0 Å². The lowest BCUT2D eigenvalue weighted by molar-refractivity contribution is -0.384. The van der Waals surface area contributed by atoms with E-state index in [1.54, 1.807) is 22.6 Å². The van der Waals surface area contributed by atoms with Crippen LogP contribution in [0.15, 0.2) is 12.1 Å². The second kappa shape index (κ2) is 5.35. The topological polar surface area (TPSA) is 72.4 Å². The number of benzene rings is 1. The lowest BCUT2D eigenvalue weighted by atomic mass is 10.1. The SMILES string of the molecule is NCC1CCN(c2cc(F)c(I)cc2[N+](=O)[O-])C1. The van der Waals surface area contributed by atoms with Gasteiger partial charge in [0.05, 0.1) is 8.49 Å². The monoisotopic (exact) mass is 365 g/mol. The van der Waals surface area contributed by atoms with Crippen molar-refractivity contribution in [2.45, 2.75) is 6.42 Å². The Kier molecular flexibility index (Phi) is 4.00. The van der Waals surface area contributed by atoms with Crippen LogP contribution in [0.3, 0.4) is 0 Å². The van der Waals surface area contributed by atoms with Gasteiger partial charge in [0, 0.05) is 25.2 Å². The third kappa shape index (κ3) is 2.56. The van der Waals surface area contributed by atoms with E-state index in [0.29, 0.717) is 31.2 Å². The van der Waals surface area contributed by atoms with E-state index >= 15 is 0 Å². The van der Waals surface area contributed by atoms with Crippen LogP contribution in [0.4, 0.5) is 15.8 Å². The van der Waals surface area contributed by atoms with Crippen molar-refractivity contribution in [3.05, 3.63) is 31.6 Å². The second-order valence-corrected chi connectivity index (χ2v) is 5.51. The van der Waals surface area contributed by atoms with E-state index in [4.69, 9.17) is 5.73 Å². The van der Waals surface area contributed by atoms with E-state index < -0.39 is 10.7 Å². The molecular weight excluding hydrogens is 352 g/mol. The Hall–Kier alpha value is -0.960. The number of rotatable bonds is 3. The smallest absolute Gasteiger partial charge is 0.293 e. The summed E-state index contributed by atoms with van der Waals surface area (Å²) in [5.41, 5.74) is 5.90. The summed E-state index contributed by atoms with van der Waals surface area (Å²) in [5, 5.41) is 11.0. The number of nitro benzene ring substituents is 1. The molecule has 1 unspecified atom stereocenters. The standard InChI is InChI=1S/C11H13FIN3O2/c12-8-3-10(11(16(17)18)4-9(8)13)15-2-1-7(5-14)6-15/h3-4,7H,1-2,5-6,14H2. The summed E-state index contributed by atoms with van der Waals surface area (Å²) >= 11 is 1.76. The van der Waals surface area contributed by atoms with Gasteiger partial charge in [0.15, 0.2) is 0 Å². The molecule has 1 saturated heterocycles. The zero-order chi connectivity index (χ0) is 13.3. The lowest BCUT2D eigenvalue weighted by Crippen LogP contribution is -2.23. The van der Waals surface area contributed by atoms with Crippen molar-refractivity contribution in [3.63, 3.8) is 0 Å². The van der Waals surface area contributed by atoms with Gasteiger partial charge in [0.1, 0.15) is 11.5 Å². The Morgan fingerprint density at radius 1 is 1.61 bits per heavy atom. The fourth-order valence-electron chi connectivity index (χ4n) is 2.17. The number of hydrogen-bond donors (Lipinski definition) is 1. The van der Waals surface area contributed by atoms with Gasteiger partial charge in [-0.2, -0.15) is 0 Å². The van der Waals surface area contributed by atoms with Gasteiger partial charge in [-0.3, -0.25) is 10.1 Å². The zero-order valence-corrected chi connectivity index (χ0v) is 11.8. The molecule has 1 aromatic carbocycles. The van der Waals surface area contributed by atoms with Gasteiger partial charge < -0.3 is 10.6 Å². The average molecular weight is 365 g/mol.